The van der Waals surface area contributed by atoms with Crippen LogP contribution in [0.1, 0.15) is 37.7 Å². The molecule has 0 amide bonds. The second-order valence-corrected chi connectivity index (χ2v) is 5.52. The molecule has 0 saturated heterocycles. The topological polar surface area (TPSA) is 26.0 Å². The highest BCUT2D eigenvalue weighted by atomic mass is 79.9. The first kappa shape index (κ1) is 12.1. The van der Waals surface area contributed by atoms with Crippen LogP contribution in [0.25, 0.3) is 0 Å². The summed E-state index contributed by atoms with van der Waals surface area (Å²) >= 11 is 3.46. The molecule has 2 rings (SSSR count). The third-order valence-electron chi connectivity index (χ3n) is 3.70. The summed E-state index contributed by atoms with van der Waals surface area (Å²) in [6.45, 7) is 0.650. The molecule has 0 aromatic heterocycles. The zero-order valence-electron chi connectivity index (χ0n) is 9.31. The predicted molar refractivity (Wildman–Crippen MR) is 67.9 cm³/mol. The summed E-state index contributed by atoms with van der Waals surface area (Å²) in [4.78, 5) is 0. The molecule has 2 N–H and O–H groups in total. The Morgan fingerprint density at radius 2 is 1.94 bits per heavy atom. The van der Waals surface area contributed by atoms with Crippen molar-refractivity contribution in [3.8, 4) is 0 Å². The molecule has 0 bridgehead atoms. The molecule has 0 atom stereocenters. The lowest BCUT2D eigenvalue weighted by Gasteiger charge is -2.37. The lowest BCUT2D eigenvalue weighted by atomic mass is 9.69. The van der Waals surface area contributed by atoms with E-state index in [2.05, 4.69) is 15.9 Å². The minimum Gasteiger partial charge on any atom is -0.330 e. The summed E-state index contributed by atoms with van der Waals surface area (Å²) in [5.74, 6) is -0.196. The number of nitrogens with two attached hydrogens (primary N) is 1. The molecule has 16 heavy (non-hydrogen) atoms. The minimum atomic E-state index is -0.196. The van der Waals surface area contributed by atoms with E-state index in [1.54, 1.807) is 6.07 Å². The van der Waals surface area contributed by atoms with Gasteiger partial charge in [0.15, 0.2) is 0 Å². The Kier molecular flexibility index (Phi) is 3.65. The second kappa shape index (κ2) is 4.84. The highest BCUT2D eigenvalue weighted by Gasteiger charge is 2.33. The molecule has 3 heteroatoms. The van der Waals surface area contributed by atoms with E-state index < -0.39 is 0 Å². The maximum Gasteiger partial charge on any atom is 0.124 e. The van der Waals surface area contributed by atoms with Crippen molar-refractivity contribution in [3.63, 3.8) is 0 Å². The first-order valence-electron chi connectivity index (χ1n) is 5.83. The summed E-state index contributed by atoms with van der Waals surface area (Å²) in [7, 11) is 0. The molecule has 1 fully saturated rings. The van der Waals surface area contributed by atoms with Crippen LogP contribution in [0.3, 0.4) is 0 Å². The smallest absolute Gasteiger partial charge is 0.124 e. The van der Waals surface area contributed by atoms with Gasteiger partial charge in [-0.1, -0.05) is 41.3 Å². The van der Waals surface area contributed by atoms with Gasteiger partial charge in [0.25, 0.3) is 0 Å². The van der Waals surface area contributed by atoms with Gasteiger partial charge >= 0.3 is 0 Å². The molecule has 88 valence electrons. The van der Waals surface area contributed by atoms with Crippen LogP contribution in [0.5, 0.6) is 0 Å². The Morgan fingerprint density at radius 3 is 2.50 bits per heavy atom. The number of benzene rings is 1. The Morgan fingerprint density at radius 1 is 1.25 bits per heavy atom. The van der Waals surface area contributed by atoms with Crippen LogP contribution in [0, 0.1) is 5.82 Å². The Labute approximate surface area is 104 Å². The highest BCUT2D eigenvalue weighted by molar-refractivity contribution is 9.10. The van der Waals surface area contributed by atoms with Gasteiger partial charge in [0.2, 0.25) is 0 Å². The third-order valence-corrected chi connectivity index (χ3v) is 4.36. The van der Waals surface area contributed by atoms with Crippen molar-refractivity contribution in [2.45, 2.75) is 37.5 Å². The summed E-state index contributed by atoms with van der Waals surface area (Å²) in [6.07, 6.45) is 5.98. The van der Waals surface area contributed by atoms with Crippen LogP contribution >= 0.6 is 15.9 Å². The van der Waals surface area contributed by atoms with Crippen LogP contribution in [-0.2, 0) is 5.41 Å². The van der Waals surface area contributed by atoms with Gasteiger partial charge in [0, 0.05) is 16.4 Å². The molecule has 1 saturated carbocycles. The SMILES string of the molecule is NCC1(c2ccc(F)cc2Br)CCCCC1. The Balaban J connectivity index is 2.39. The monoisotopic (exact) mass is 285 g/mol. The first-order chi connectivity index (χ1) is 7.68. The highest BCUT2D eigenvalue weighted by Crippen LogP contribution is 2.41. The number of hydrogen-bond acceptors (Lipinski definition) is 1. The van der Waals surface area contributed by atoms with Crippen LogP contribution < -0.4 is 5.73 Å². The summed E-state index contributed by atoms with van der Waals surface area (Å²) < 4.78 is 13.9. The van der Waals surface area contributed by atoms with Crippen LogP contribution in [0.2, 0.25) is 0 Å². The lowest BCUT2D eigenvalue weighted by molar-refractivity contribution is 0.299. The molecule has 0 unspecified atom stereocenters. The summed E-state index contributed by atoms with van der Waals surface area (Å²) in [5.41, 5.74) is 7.20. The maximum atomic E-state index is 13.1. The molecular weight excluding hydrogens is 269 g/mol. The van der Waals surface area contributed by atoms with Crippen molar-refractivity contribution in [1.82, 2.24) is 0 Å². The molecular formula is C13H17BrFN. The van der Waals surface area contributed by atoms with E-state index in [9.17, 15) is 4.39 Å². The first-order valence-corrected chi connectivity index (χ1v) is 6.63. The molecule has 1 nitrogen and oxygen atoms in total. The average Bonchev–Trinajstić information content (AvgIpc) is 2.30. The molecule has 1 aliphatic carbocycles. The van der Waals surface area contributed by atoms with Crippen molar-refractivity contribution in [3.05, 3.63) is 34.1 Å². The largest absolute Gasteiger partial charge is 0.330 e. The van der Waals surface area contributed by atoms with E-state index >= 15 is 0 Å². The van der Waals surface area contributed by atoms with Gasteiger partial charge in [0.05, 0.1) is 0 Å². The minimum absolute atomic E-state index is 0.0603. The lowest BCUT2D eigenvalue weighted by Crippen LogP contribution is -2.37. The zero-order valence-corrected chi connectivity index (χ0v) is 10.9. The normalized spacial score (nSPS) is 19.7. The van der Waals surface area contributed by atoms with E-state index in [0.717, 1.165) is 17.3 Å². The van der Waals surface area contributed by atoms with Crippen molar-refractivity contribution < 1.29 is 4.39 Å². The molecule has 0 spiro atoms. The molecule has 1 aromatic rings. The van der Waals surface area contributed by atoms with E-state index in [4.69, 9.17) is 5.73 Å². The molecule has 1 aliphatic rings. The van der Waals surface area contributed by atoms with Crippen molar-refractivity contribution in [2.75, 3.05) is 6.54 Å². The van der Waals surface area contributed by atoms with Crippen LogP contribution in [0.4, 0.5) is 4.39 Å². The fourth-order valence-electron chi connectivity index (χ4n) is 2.73. The summed E-state index contributed by atoms with van der Waals surface area (Å²) in [6, 6.07) is 4.96. The van der Waals surface area contributed by atoms with Crippen LogP contribution in [-0.4, -0.2) is 6.54 Å². The Bertz CT molecular complexity index is 372. The van der Waals surface area contributed by atoms with Gasteiger partial charge in [0.1, 0.15) is 5.82 Å². The third kappa shape index (κ3) is 2.16. The zero-order chi connectivity index (χ0) is 11.6. The summed E-state index contributed by atoms with van der Waals surface area (Å²) in [5, 5.41) is 0. The standard InChI is InChI=1S/C13H17BrFN/c14-12-8-10(15)4-5-11(12)13(9-16)6-2-1-3-7-13/h4-5,8H,1-3,6-7,9,16H2. The van der Waals surface area contributed by atoms with E-state index in [-0.39, 0.29) is 11.2 Å². The van der Waals surface area contributed by atoms with Gasteiger partial charge in [-0.05, 0) is 30.5 Å². The number of halogens is 2. The molecule has 1 aromatic carbocycles. The van der Waals surface area contributed by atoms with Crippen molar-refractivity contribution in [1.29, 1.82) is 0 Å². The molecule has 0 aliphatic heterocycles. The van der Waals surface area contributed by atoms with Crippen molar-refractivity contribution in [2.24, 2.45) is 5.73 Å². The van der Waals surface area contributed by atoms with E-state index in [0.29, 0.717) is 6.54 Å². The van der Waals surface area contributed by atoms with Gasteiger partial charge in [-0.25, -0.2) is 4.39 Å². The predicted octanol–water partition coefficient (Wildman–Crippen LogP) is 3.75. The van der Waals surface area contributed by atoms with Gasteiger partial charge in [-0.2, -0.15) is 0 Å². The fourth-order valence-corrected chi connectivity index (χ4v) is 3.50. The van der Waals surface area contributed by atoms with Crippen LogP contribution in [0.15, 0.2) is 22.7 Å². The van der Waals surface area contributed by atoms with Gasteiger partial charge < -0.3 is 5.73 Å². The number of hydrogen-bond donors (Lipinski definition) is 1. The van der Waals surface area contributed by atoms with Crippen molar-refractivity contribution >= 4 is 15.9 Å². The second-order valence-electron chi connectivity index (χ2n) is 4.67. The number of rotatable bonds is 2. The quantitative estimate of drug-likeness (QED) is 0.880. The molecule has 0 radical (unpaired) electrons. The fraction of sp³-hybridized carbons (Fsp3) is 0.538. The van der Waals surface area contributed by atoms with E-state index in [1.165, 1.54) is 30.9 Å². The van der Waals surface area contributed by atoms with Gasteiger partial charge in [-0.15, -0.1) is 0 Å². The maximum absolute atomic E-state index is 13.1. The Hall–Kier alpha value is -0.410. The average molecular weight is 286 g/mol. The molecule has 0 heterocycles. The van der Waals surface area contributed by atoms with E-state index in [1.807, 2.05) is 6.07 Å². The van der Waals surface area contributed by atoms with Gasteiger partial charge in [-0.3, -0.25) is 0 Å².